The average Bonchev–Trinajstić information content (AvgIpc) is 3.02. The fraction of sp³-hybridized carbons (Fsp3) is 0.296. The molecule has 0 fully saturated rings. The molecule has 4 rings (SSSR count). The van der Waals surface area contributed by atoms with Gasteiger partial charge in [-0.2, -0.15) is 0 Å². The summed E-state index contributed by atoms with van der Waals surface area (Å²) in [6.07, 6.45) is 15.7. The molecule has 0 saturated heterocycles. The monoisotopic (exact) mass is 368 g/mol. The summed E-state index contributed by atoms with van der Waals surface area (Å²) in [6.45, 7) is 4.26. The average molecular weight is 369 g/mol. The lowest BCUT2D eigenvalue weighted by Gasteiger charge is -2.28. The van der Waals surface area contributed by atoms with Crippen LogP contribution < -0.4 is 0 Å². The van der Waals surface area contributed by atoms with Gasteiger partial charge in [0.05, 0.1) is 0 Å². The first-order valence-corrected chi connectivity index (χ1v) is 10.4. The lowest BCUT2D eigenvalue weighted by molar-refractivity contribution is -0.107. The van der Waals surface area contributed by atoms with Gasteiger partial charge in [0.25, 0.3) is 0 Å². The quantitative estimate of drug-likeness (QED) is 0.438. The van der Waals surface area contributed by atoms with Gasteiger partial charge in [-0.25, -0.2) is 0 Å². The fourth-order valence-electron chi connectivity index (χ4n) is 5.03. The second-order valence-electron chi connectivity index (χ2n) is 8.16. The maximum atomic E-state index is 10.8. The highest BCUT2D eigenvalue weighted by molar-refractivity contribution is 5.53. The molecule has 142 valence electrons. The molecule has 0 amide bonds. The van der Waals surface area contributed by atoms with E-state index in [1.54, 1.807) is 0 Å². The third-order valence-corrected chi connectivity index (χ3v) is 6.34. The molecule has 0 spiro atoms. The van der Waals surface area contributed by atoms with Crippen LogP contribution in [-0.4, -0.2) is 6.29 Å². The molecule has 0 radical (unpaired) electrons. The van der Waals surface area contributed by atoms with Crippen molar-refractivity contribution < 1.29 is 4.79 Å². The van der Waals surface area contributed by atoms with Crippen molar-refractivity contribution in [3.8, 4) is 0 Å². The van der Waals surface area contributed by atoms with Crippen LogP contribution in [0.25, 0.3) is 0 Å². The number of fused-ring (bicyclic) bond motifs is 7. The largest absolute Gasteiger partial charge is 0.303 e. The molecule has 2 aromatic rings. The first-order valence-electron chi connectivity index (χ1n) is 10.4. The summed E-state index contributed by atoms with van der Waals surface area (Å²) in [5, 5.41) is 0. The Bertz CT molecular complexity index is 933. The highest BCUT2D eigenvalue weighted by Crippen LogP contribution is 2.53. The zero-order valence-corrected chi connectivity index (χ0v) is 16.4. The van der Waals surface area contributed by atoms with Crippen molar-refractivity contribution in [3.63, 3.8) is 0 Å². The number of carbonyl (C=O) groups excluding carboxylic acids is 1. The summed E-state index contributed by atoms with van der Waals surface area (Å²) in [4.78, 5) is 10.8. The van der Waals surface area contributed by atoms with Crippen LogP contribution in [0.5, 0.6) is 0 Å². The number of benzene rings is 2. The summed E-state index contributed by atoms with van der Waals surface area (Å²) in [5.41, 5.74) is 6.93. The third-order valence-electron chi connectivity index (χ3n) is 6.34. The Morgan fingerprint density at radius 3 is 2.64 bits per heavy atom. The van der Waals surface area contributed by atoms with E-state index in [9.17, 15) is 4.79 Å². The summed E-state index contributed by atoms with van der Waals surface area (Å²) >= 11 is 0. The number of aldehydes is 1. The van der Waals surface area contributed by atoms with Crippen LogP contribution in [-0.2, 0) is 16.6 Å². The zero-order valence-electron chi connectivity index (χ0n) is 16.4. The van der Waals surface area contributed by atoms with Gasteiger partial charge >= 0.3 is 0 Å². The SMILES string of the molecule is C=C1/C=C\C=C/C2(CCCCC=O)CC(c3ccccc3C1)c1ccccc12. The van der Waals surface area contributed by atoms with Crippen molar-refractivity contribution in [2.24, 2.45) is 0 Å². The fourth-order valence-corrected chi connectivity index (χ4v) is 5.03. The molecule has 2 aliphatic rings. The number of rotatable bonds is 5. The van der Waals surface area contributed by atoms with Crippen LogP contribution in [0.2, 0.25) is 0 Å². The molecule has 0 saturated carbocycles. The Morgan fingerprint density at radius 2 is 1.79 bits per heavy atom. The Balaban J connectivity index is 1.83. The van der Waals surface area contributed by atoms with Gasteiger partial charge in [-0.3, -0.25) is 0 Å². The summed E-state index contributed by atoms with van der Waals surface area (Å²) in [5.74, 6) is 0.411. The number of allylic oxidation sites excluding steroid dienone is 5. The maximum Gasteiger partial charge on any atom is 0.119 e. The lowest BCUT2D eigenvalue weighted by Crippen LogP contribution is -2.20. The van der Waals surface area contributed by atoms with E-state index in [1.807, 2.05) is 0 Å². The Kier molecular flexibility index (Phi) is 5.43. The molecule has 2 aliphatic carbocycles. The van der Waals surface area contributed by atoms with Crippen molar-refractivity contribution in [1.82, 2.24) is 0 Å². The van der Waals surface area contributed by atoms with E-state index in [1.165, 1.54) is 22.3 Å². The maximum absolute atomic E-state index is 10.8. The molecule has 28 heavy (non-hydrogen) atoms. The van der Waals surface area contributed by atoms with Crippen LogP contribution in [0, 0.1) is 0 Å². The van der Waals surface area contributed by atoms with Crippen LogP contribution in [0.3, 0.4) is 0 Å². The summed E-state index contributed by atoms with van der Waals surface area (Å²) in [6, 6.07) is 17.8. The third kappa shape index (κ3) is 3.54. The predicted molar refractivity (Wildman–Crippen MR) is 117 cm³/mol. The minimum absolute atomic E-state index is 0.0350. The van der Waals surface area contributed by atoms with Crippen molar-refractivity contribution in [2.75, 3.05) is 0 Å². The van der Waals surface area contributed by atoms with Gasteiger partial charge in [-0.1, -0.05) is 91.4 Å². The molecule has 0 aromatic heterocycles. The Labute approximate surface area is 168 Å². The van der Waals surface area contributed by atoms with E-state index in [4.69, 9.17) is 0 Å². The van der Waals surface area contributed by atoms with Gasteiger partial charge in [-0.15, -0.1) is 0 Å². The van der Waals surface area contributed by atoms with Crippen LogP contribution in [0.15, 0.2) is 85.0 Å². The van der Waals surface area contributed by atoms with Crippen LogP contribution >= 0.6 is 0 Å². The number of hydrogen-bond acceptors (Lipinski definition) is 1. The van der Waals surface area contributed by atoms with Gasteiger partial charge in [0.2, 0.25) is 0 Å². The van der Waals surface area contributed by atoms with Gasteiger partial charge < -0.3 is 4.79 Å². The molecule has 1 nitrogen and oxygen atoms in total. The van der Waals surface area contributed by atoms with Crippen molar-refractivity contribution in [3.05, 3.63) is 107 Å². The second kappa shape index (κ2) is 8.14. The van der Waals surface area contributed by atoms with Crippen molar-refractivity contribution in [2.45, 2.75) is 49.9 Å². The van der Waals surface area contributed by atoms with Gasteiger partial charge in [0, 0.05) is 17.8 Å². The molecule has 2 bridgehead atoms. The minimum atomic E-state index is 0.0350. The van der Waals surface area contributed by atoms with Crippen LogP contribution in [0.1, 0.15) is 60.3 Å². The molecule has 2 unspecified atom stereocenters. The van der Waals surface area contributed by atoms with Gasteiger partial charge in [-0.05, 0) is 47.9 Å². The summed E-state index contributed by atoms with van der Waals surface area (Å²) < 4.78 is 0. The number of unbranched alkanes of at least 4 members (excludes halogenated alkanes) is 2. The molecular formula is C27H28O. The predicted octanol–water partition coefficient (Wildman–Crippen LogP) is 6.44. The topological polar surface area (TPSA) is 17.1 Å². The number of carbonyl (C=O) groups is 1. The first kappa shape index (κ1) is 18.7. The molecule has 2 atom stereocenters. The number of hydrogen-bond donors (Lipinski definition) is 0. The normalized spacial score (nSPS) is 25.3. The van der Waals surface area contributed by atoms with Gasteiger partial charge in [0.15, 0.2) is 0 Å². The smallest absolute Gasteiger partial charge is 0.119 e. The standard InChI is InChI=1S/C27H28O/c1-21-11-7-9-17-27(16-8-2-10-18-28)20-25(24-14-5-6-15-26(24)27)23-13-4-3-12-22(23)19-21/h3-7,9,11-15,17-18,25H,1-2,8,10,16,19-20H2/b11-7-,17-9-. The van der Waals surface area contributed by atoms with Crippen LogP contribution in [0.4, 0.5) is 0 Å². The van der Waals surface area contributed by atoms with E-state index in [0.717, 1.165) is 44.0 Å². The van der Waals surface area contributed by atoms with Crippen molar-refractivity contribution >= 4 is 6.29 Å². The molecular weight excluding hydrogens is 340 g/mol. The zero-order chi connectivity index (χ0) is 19.4. The first-order chi connectivity index (χ1) is 13.7. The molecule has 0 heterocycles. The molecule has 0 aliphatic heterocycles. The highest BCUT2D eigenvalue weighted by atomic mass is 16.1. The van der Waals surface area contributed by atoms with E-state index in [2.05, 4.69) is 79.4 Å². The highest BCUT2D eigenvalue weighted by Gasteiger charge is 2.42. The van der Waals surface area contributed by atoms with E-state index < -0.39 is 0 Å². The summed E-state index contributed by atoms with van der Waals surface area (Å²) in [7, 11) is 0. The molecule has 0 N–H and O–H groups in total. The minimum Gasteiger partial charge on any atom is -0.303 e. The lowest BCUT2D eigenvalue weighted by atomic mass is 9.76. The Morgan fingerprint density at radius 1 is 1.00 bits per heavy atom. The van der Waals surface area contributed by atoms with E-state index in [0.29, 0.717) is 12.3 Å². The Hall–Kier alpha value is -2.67. The van der Waals surface area contributed by atoms with Crippen molar-refractivity contribution in [1.29, 1.82) is 0 Å². The second-order valence-corrected chi connectivity index (χ2v) is 8.16. The van der Waals surface area contributed by atoms with E-state index >= 15 is 0 Å². The molecule has 1 heteroatoms. The van der Waals surface area contributed by atoms with Gasteiger partial charge in [0.1, 0.15) is 6.29 Å². The van der Waals surface area contributed by atoms with E-state index in [-0.39, 0.29) is 5.41 Å². The molecule has 2 aromatic carbocycles.